The highest BCUT2D eigenvalue weighted by Crippen LogP contribution is 2.54. The molecule has 8 nitrogen and oxygen atoms in total. The van der Waals surface area contributed by atoms with Crippen LogP contribution in [0.3, 0.4) is 0 Å². The van der Waals surface area contributed by atoms with Gasteiger partial charge < -0.3 is 20.8 Å². The number of hydrogen-bond donors (Lipinski definition) is 4. The fraction of sp³-hybridized carbons (Fsp3) is 0.379. The molecule has 5 rings (SSSR count). The first-order valence-electron chi connectivity index (χ1n) is 13.0. The second-order valence-electron chi connectivity index (χ2n) is 11.4. The Morgan fingerprint density at radius 1 is 1.24 bits per heavy atom. The number of benzene rings is 1. The molecule has 1 aliphatic heterocycles. The van der Waals surface area contributed by atoms with Gasteiger partial charge in [-0.2, -0.15) is 13.2 Å². The van der Waals surface area contributed by atoms with E-state index in [1.54, 1.807) is 30.6 Å². The van der Waals surface area contributed by atoms with Crippen LogP contribution in [0.25, 0.3) is 10.9 Å². The number of ether oxygens (including phenoxy) is 1. The number of rotatable bonds is 8. The molecule has 0 radical (unpaired) electrons. The van der Waals surface area contributed by atoms with Crippen molar-refractivity contribution in [3.05, 3.63) is 64.7 Å². The molecule has 0 amide bonds. The van der Waals surface area contributed by atoms with Crippen molar-refractivity contribution in [2.75, 3.05) is 24.3 Å². The topological polar surface area (TPSA) is 86.4 Å². The highest BCUT2D eigenvalue weighted by Gasteiger charge is 2.67. The van der Waals surface area contributed by atoms with E-state index in [-0.39, 0.29) is 18.3 Å². The third-order valence-corrected chi connectivity index (χ3v) is 7.39. The molecule has 0 spiro atoms. The maximum Gasteiger partial charge on any atom is 0.413 e. The molecule has 4 N–H and O–H groups in total. The van der Waals surface area contributed by atoms with Gasteiger partial charge in [0.2, 0.25) is 5.88 Å². The van der Waals surface area contributed by atoms with Gasteiger partial charge in [-0.15, -0.1) is 12.0 Å². The molecule has 0 bridgehead atoms. The van der Waals surface area contributed by atoms with Crippen LogP contribution in [-0.4, -0.2) is 40.3 Å². The summed E-state index contributed by atoms with van der Waals surface area (Å²) in [7, 11) is 1.49. The molecule has 0 saturated heterocycles. The highest BCUT2D eigenvalue weighted by atomic mass is 35.5. The van der Waals surface area contributed by atoms with E-state index in [0.29, 0.717) is 50.9 Å². The molecule has 216 valence electrons. The van der Waals surface area contributed by atoms with Crippen molar-refractivity contribution in [1.82, 2.24) is 25.9 Å². The summed E-state index contributed by atoms with van der Waals surface area (Å²) >= 11 is 6.71. The predicted octanol–water partition coefficient (Wildman–Crippen LogP) is 6.15. The number of halogens is 4. The van der Waals surface area contributed by atoms with Crippen LogP contribution in [0.15, 0.2) is 48.6 Å². The Morgan fingerprint density at radius 2 is 2.00 bits per heavy atom. The van der Waals surface area contributed by atoms with Crippen molar-refractivity contribution in [3.63, 3.8) is 0 Å². The summed E-state index contributed by atoms with van der Waals surface area (Å²) in [5.74, 6) is 3.01. The van der Waals surface area contributed by atoms with E-state index in [0.717, 1.165) is 10.7 Å². The van der Waals surface area contributed by atoms with Gasteiger partial charge in [-0.25, -0.2) is 4.98 Å². The second-order valence-corrected chi connectivity index (χ2v) is 11.8. The maximum atomic E-state index is 13.9. The fourth-order valence-electron chi connectivity index (χ4n) is 4.76. The van der Waals surface area contributed by atoms with Crippen LogP contribution in [-0.2, 0) is 0 Å². The molecule has 41 heavy (non-hydrogen) atoms. The summed E-state index contributed by atoms with van der Waals surface area (Å²) in [6, 6.07) is 6.42. The number of nitrogens with zero attached hydrogens (tertiary/aromatic N) is 3. The summed E-state index contributed by atoms with van der Waals surface area (Å²) in [5.41, 5.74) is 7.12. The molecule has 3 aromatic rings. The van der Waals surface area contributed by atoms with Gasteiger partial charge in [0, 0.05) is 41.8 Å². The number of nitrogens with one attached hydrogen (secondary N) is 4. The van der Waals surface area contributed by atoms with E-state index in [1.807, 2.05) is 6.07 Å². The first-order chi connectivity index (χ1) is 19.4. The molecule has 12 heteroatoms. The number of hydrogen-bond acceptors (Lipinski definition) is 8. The normalized spacial score (nSPS) is 17.0. The molecule has 1 saturated carbocycles. The monoisotopic (exact) mass is 585 g/mol. The van der Waals surface area contributed by atoms with E-state index in [4.69, 9.17) is 22.8 Å². The predicted molar refractivity (Wildman–Crippen MR) is 154 cm³/mol. The fourth-order valence-corrected chi connectivity index (χ4v) is 5.03. The summed E-state index contributed by atoms with van der Waals surface area (Å²) < 4.78 is 47.1. The van der Waals surface area contributed by atoms with Crippen molar-refractivity contribution >= 4 is 33.9 Å². The van der Waals surface area contributed by atoms with Gasteiger partial charge in [0.15, 0.2) is 5.54 Å². The summed E-state index contributed by atoms with van der Waals surface area (Å²) in [4.78, 5) is 8.79. The lowest BCUT2D eigenvalue weighted by Crippen LogP contribution is -2.52. The lowest BCUT2D eigenvalue weighted by atomic mass is 9.96. The zero-order chi connectivity index (χ0) is 29.6. The standard InChI is InChI=1S/C29H31ClF3N7O/c1-6-17-14-35-24-20(23(17)36-16-27(2,3)4)12-18(13-21(24)30)37-25(19-8-7-11-34-26(19)41-5)22-15-40(39-38-22)28(9-10-28)29(31,32)33/h1,7-8,11-15,25,37-39H,9-10,16H2,2-5H3,(H,35,36)/t25-/m0/s1. The van der Waals surface area contributed by atoms with Gasteiger partial charge in [-0.05, 0) is 42.5 Å². The molecule has 2 aromatic heterocycles. The SMILES string of the molecule is C#Cc1cnc2c(Cl)cc(N[C@H](C3=CN(C4(C(F)(F)F)CC4)NN3)c3cccnc3OC)cc2c1NCC(C)(C)C. The third-order valence-electron chi connectivity index (χ3n) is 7.10. The van der Waals surface area contributed by atoms with E-state index in [1.165, 1.54) is 13.3 Å². The van der Waals surface area contributed by atoms with Gasteiger partial charge in [-0.1, -0.05) is 38.3 Å². The molecular formula is C29H31ClF3N7O. The molecule has 0 unspecified atom stereocenters. The Hall–Kier alpha value is -3.88. The quantitative estimate of drug-likeness (QED) is 0.234. The molecule has 2 aliphatic rings. The minimum absolute atomic E-state index is 0.00158. The Bertz CT molecular complexity index is 1540. The smallest absolute Gasteiger partial charge is 0.413 e. The molecule has 1 atom stereocenters. The average molecular weight is 586 g/mol. The molecule has 1 aliphatic carbocycles. The summed E-state index contributed by atoms with van der Waals surface area (Å²) in [6.07, 6.45) is 6.03. The lowest BCUT2D eigenvalue weighted by Gasteiger charge is -2.28. The highest BCUT2D eigenvalue weighted by molar-refractivity contribution is 6.35. The number of methoxy groups -OCH3 is 1. The number of aromatic nitrogens is 2. The zero-order valence-electron chi connectivity index (χ0n) is 23.1. The van der Waals surface area contributed by atoms with Gasteiger partial charge in [0.1, 0.15) is 0 Å². The van der Waals surface area contributed by atoms with Gasteiger partial charge in [0.05, 0.1) is 40.6 Å². The second kappa shape index (κ2) is 10.5. The number of hydrazine groups is 2. The maximum absolute atomic E-state index is 13.9. The first kappa shape index (κ1) is 28.6. The average Bonchev–Trinajstić information content (AvgIpc) is 3.61. The Labute approximate surface area is 241 Å². The van der Waals surface area contributed by atoms with Gasteiger partial charge in [0.25, 0.3) is 0 Å². The van der Waals surface area contributed by atoms with Crippen LogP contribution in [0, 0.1) is 17.8 Å². The van der Waals surface area contributed by atoms with Gasteiger partial charge >= 0.3 is 6.18 Å². The summed E-state index contributed by atoms with van der Waals surface area (Å²) in [5, 5.41) is 9.06. The van der Waals surface area contributed by atoms with Crippen LogP contribution in [0.2, 0.25) is 5.02 Å². The lowest BCUT2D eigenvalue weighted by molar-refractivity contribution is -0.195. The van der Waals surface area contributed by atoms with E-state index >= 15 is 0 Å². The minimum Gasteiger partial charge on any atom is -0.481 e. The number of pyridine rings is 2. The minimum atomic E-state index is -4.40. The van der Waals surface area contributed by atoms with Crippen molar-refractivity contribution in [2.24, 2.45) is 5.41 Å². The molecular weight excluding hydrogens is 555 g/mol. The molecule has 3 heterocycles. The van der Waals surface area contributed by atoms with Gasteiger partial charge in [-0.3, -0.25) is 9.99 Å². The van der Waals surface area contributed by atoms with E-state index < -0.39 is 17.8 Å². The summed E-state index contributed by atoms with van der Waals surface area (Å²) in [6.45, 7) is 6.96. The third kappa shape index (κ3) is 5.54. The van der Waals surface area contributed by atoms with Crippen molar-refractivity contribution in [3.8, 4) is 18.2 Å². The number of anilines is 2. The molecule has 1 fully saturated rings. The number of fused-ring (bicyclic) bond motifs is 1. The largest absolute Gasteiger partial charge is 0.481 e. The van der Waals surface area contributed by atoms with Crippen LogP contribution in [0.5, 0.6) is 5.88 Å². The Morgan fingerprint density at radius 3 is 2.63 bits per heavy atom. The van der Waals surface area contributed by atoms with Crippen LogP contribution >= 0.6 is 11.6 Å². The first-order valence-corrected chi connectivity index (χ1v) is 13.4. The van der Waals surface area contributed by atoms with E-state index in [2.05, 4.69) is 58.3 Å². The van der Waals surface area contributed by atoms with Crippen LogP contribution < -0.4 is 26.3 Å². The molecule has 1 aromatic carbocycles. The van der Waals surface area contributed by atoms with Crippen molar-refractivity contribution in [2.45, 2.75) is 51.4 Å². The Balaban J connectivity index is 1.58. The number of alkyl halides is 3. The number of terminal acetylenes is 1. The van der Waals surface area contributed by atoms with E-state index in [9.17, 15) is 13.2 Å². The van der Waals surface area contributed by atoms with Crippen molar-refractivity contribution in [1.29, 1.82) is 0 Å². The Kier molecular flexibility index (Phi) is 7.34. The van der Waals surface area contributed by atoms with Crippen LogP contribution in [0.1, 0.15) is 50.8 Å². The van der Waals surface area contributed by atoms with Crippen molar-refractivity contribution < 1.29 is 17.9 Å². The zero-order valence-corrected chi connectivity index (χ0v) is 23.8. The van der Waals surface area contributed by atoms with Crippen LogP contribution in [0.4, 0.5) is 24.5 Å².